The van der Waals surface area contributed by atoms with Gasteiger partial charge in [-0.05, 0) is 6.07 Å². The van der Waals surface area contributed by atoms with Gasteiger partial charge in [0, 0.05) is 31.6 Å². The number of non-ortho nitro benzene ring substituents is 1. The Morgan fingerprint density at radius 3 is 2.65 bits per heavy atom. The molecule has 0 radical (unpaired) electrons. The smallest absolute Gasteiger partial charge is 0.270 e. The van der Waals surface area contributed by atoms with Gasteiger partial charge in [-0.15, -0.1) is 0 Å². The Morgan fingerprint density at radius 2 is 2.06 bits per heavy atom. The molecule has 0 unspecified atom stereocenters. The van der Waals surface area contributed by atoms with Gasteiger partial charge >= 0.3 is 0 Å². The molecule has 0 aliphatic rings. The van der Waals surface area contributed by atoms with E-state index in [-0.39, 0.29) is 11.5 Å². The van der Waals surface area contributed by atoms with Gasteiger partial charge in [0.1, 0.15) is 5.82 Å². The number of nitrogens with two attached hydrogens (primary N) is 1. The van der Waals surface area contributed by atoms with Gasteiger partial charge in [-0.1, -0.05) is 0 Å². The first-order valence-electron chi connectivity index (χ1n) is 4.88. The summed E-state index contributed by atoms with van der Waals surface area (Å²) in [6, 6.07) is 4.34. The molecule has 0 amide bonds. The number of anilines is 2. The number of nitro groups is 1. The summed E-state index contributed by atoms with van der Waals surface area (Å²) in [4.78, 5) is 20.2. The summed E-state index contributed by atoms with van der Waals surface area (Å²) in [6.07, 6.45) is 0. The molecular weight excluding hydrogens is 222 g/mol. The highest BCUT2D eigenvalue weighted by atomic mass is 16.6. The maximum absolute atomic E-state index is 10.6. The number of rotatable bonds is 2. The molecule has 1 aromatic carbocycles. The van der Waals surface area contributed by atoms with Gasteiger partial charge in [0.25, 0.3) is 5.69 Å². The fourth-order valence-electron chi connectivity index (χ4n) is 1.44. The second-order valence-electron chi connectivity index (χ2n) is 3.76. The van der Waals surface area contributed by atoms with Crippen molar-refractivity contribution in [2.24, 2.45) is 0 Å². The summed E-state index contributed by atoms with van der Waals surface area (Å²) in [7, 11) is 3.60. The van der Waals surface area contributed by atoms with Gasteiger partial charge < -0.3 is 10.6 Å². The Kier molecular flexibility index (Phi) is 2.51. The van der Waals surface area contributed by atoms with E-state index in [1.807, 2.05) is 0 Å². The van der Waals surface area contributed by atoms with E-state index in [0.717, 1.165) is 0 Å². The van der Waals surface area contributed by atoms with E-state index < -0.39 is 4.92 Å². The number of aromatic nitrogens is 2. The van der Waals surface area contributed by atoms with Crippen LogP contribution in [0.2, 0.25) is 0 Å². The Morgan fingerprint density at radius 1 is 1.35 bits per heavy atom. The third-order valence-corrected chi connectivity index (χ3v) is 2.31. The summed E-state index contributed by atoms with van der Waals surface area (Å²) in [5.74, 6) is 0.714. The standard InChI is InChI=1S/C10H11N5O2/c1-14(2)10-12-8-4-3-6(15(16)17)5-7(8)9(11)13-10/h3-5H,1-2H3,(H2,11,12,13). The molecule has 1 heterocycles. The van der Waals surface area contributed by atoms with Crippen molar-refractivity contribution in [3.63, 3.8) is 0 Å². The summed E-state index contributed by atoms with van der Waals surface area (Å²) in [5, 5.41) is 11.1. The molecule has 0 aliphatic heterocycles. The molecule has 0 atom stereocenters. The monoisotopic (exact) mass is 233 g/mol. The van der Waals surface area contributed by atoms with Crippen LogP contribution in [0.1, 0.15) is 0 Å². The minimum absolute atomic E-state index is 0.0228. The SMILES string of the molecule is CN(C)c1nc(N)c2cc([N+](=O)[O-])ccc2n1. The maximum Gasteiger partial charge on any atom is 0.270 e. The van der Waals surface area contributed by atoms with Crippen LogP contribution in [0.5, 0.6) is 0 Å². The molecule has 7 nitrogen and oxygen atoms in total. The fraction of sp³-hybridized carbons (Fsp3) is 0.200. The van der Waals surface area contributed by atoms with Crippen LogP contribution in [-0.4, -0.2) is 29.0 Å². The summed E-state index contributed by atoms with van der Waals surface area (Å²) in [6.45, 7) is 0. The van der Waals surface area contributed by atoms with Crippen LogP contribution in [0, 0.1) is 10.1 Å². The lowest BCUT2D eigenvalue weighted by Gasteiger charge is -2.11. The molecule has 1 aromatic heterocycles. The molecule has 17 heavy (non-hydrogen) atoms. The Labute approximate surface area is 97.0 Å². The Balaban J connectivity index is 2.68. The number of nitro benzene ring substituents is 1. The zero-order chi connectivity index (χ0) is 12.6. The number of nitrogen functional groups attached to an aromatic ring is 1. The second-order valence-corrected chi connectivity index (χ2v) is 3.76. The minimum atomic E-state index is -0.473. The van der Waals surface area contributed by atoms with Crippen LogP contribution in [0.15, 0.2) is 18.2 Å². The van der Waals surface area contributed by atoms with E-state index in [9.17, 15) is 10.1 Å². The van der Waals surface area contributed by atoms with Crippen molar-refractivity contribution in [2.45, 2.75) is 0 Å². The molecule has 2 N–H and O–H groups in total. The van der Waals surface area contributed by atoms with Crippen molar-refractivity contribution in [3.05, 3.63) is 28.3 Å². The summed E-state index contributed by atoms with van der Waals surface area (Å²) >= 11 is 0. The molecule has 0 saturated carbocycles. The summed E-state index contributed by atoms with van der Waals surface area (Å²) < 4.78 is 0. The summed E-state index contributed by atoms with van der Waals surface area (Å²) in [5.41, 5.74) is 6.33. The molecule has 2 aromatic rings. The van der Waals surface area contributed by atoms with Gasteiger partial charge in [-0.25, -0.2) is 4.98 Å². The van der Waals surface area contributed by atoms with Crippen molar-refractivity contribution in [1.82, 2.24) is 9.97 Å². The van der Waals surface area contributed by atoms with Crippen molar-refractivity contribution in [2.75, 3.05) is 24.7 Å². The highest BCUT2D eigenvalue weighted by Gasteiger charge is 2.11. The first kappa shape index (κ1) is 11.1. The second kappa shape index (κ2) is 3.85. The Bertz CT molecular complexity index is 597. The molecule has 7 heteroatoms. The van der Waals surface area contributed by atoms with Gasteiger partial charge in [-0.2, -0.15) is 4.98 Å². The van der Waals surface area contributed by atoms with Crippen molar-refractivity contribution in [3.8, 4) is 0 Å². The lowest BCUT2D eigenvalue weighted by Crippen LogP contribution is -2.13. The van der Waals surface area contributed by atoms with E-state index in [1.54, 1.807) is 25.1 Å². The quantitative estimate of drug-likeness (QED) is 0.617. The molecule has 0 bridgehead atoms. The van der Waals surface area contributed by atoms with Crippen LogP contribution in [0.3, 0.4) is 0 Å². The first-order valence-corrected chi connectivity index (χ1v) is 4.88. The topological polar surface area (TPSA) is 98.2 Å². The normalized spacial score (nSPS) is 10.5. The molecule has 0 saturated heterocycles. The maximum atomic E-state index is 10.6. The van der Waals surface area contributed by atoms with Crippen molar-refractivity contribution in [1.29, 1.82) is 0 Å². The number of nitrogens with zero attached hydrogens (tertiary/aromatic N) is 4. The van der Waals surface area contributed by atoms with E-state index >= 15 is 0 Å². The van der Waals surface area contributed by atoms with Crippen LogP contribution in [0.4, 0.5) is 17.5 Å². The largest absolute Gasteiger partial charge is 0.383 e. The van der Waals surface area contributed by atoms with Crippen LogP contribution in [-0.2, 0) is 0 Å². The molecular formula is C10H11N5O2. The van der Waals surface area contributed by atoms with Crippen molar-refractivity contribution < 1.29 is 4.92 Å². The van der Waals surface area contributed by atoms with Gasteiger partial charge in [0.05, 0.1) is 10.4 Å². The van der Waals surface area contributed by atoms with E-state index in [2.05, 4.69) is 9.97 Å². The fourth-order valence-corrected chi connectivity index (χ4v) is 1.44. The van der Waals surface area contributed by atoms with Crippen LogP contribution in [0.25, 0.3) is 10.9 Å². The van der Waals surface area contributed by atoms with Gasteiger partial charge in [0.15, 0.2) is 0 Å². The highest BCUT2D eigenvalue weighted by molar-refractivity contribution is 5.90. The Hall–Kier alpha value is -2.44. The highest BCUT2D eigenvalue weighted by Crippen LogP contribution is 2.24. The first-order chi connectivity index (χ1) is 7.99. The molecule has 0 spiro atoms. The molecule has 2 rings (SSSR count). The zero-order valence-corrected chi connectivity index (χ0v) is 9.41. The number of hydrogen-bond donors (Lipinski definition) is 1. The molecule has 0 aliphatic carbocycles. The zero-order valence-electron chi connectivity index (χ0n) is 9.41. The lowest BCUT2D eigenvalue weighted by atomic mass is 10.2. The molecule has 0 fully saturated rings. The van der Waals surface area contributed by atoms with Gasteiger partial charge in [0.2, 0.25) is 5.95 Å². The number of benzene rings is 1. The number of fused-ring (bicyclic) bond motifs is 1. The van der Waals surface area contributed by atoms with E-state index in [0.29, 0.717) is 16.9 Å². The van der Waals surface area contributed by atoms with E-state index in [4.69, 9.17) is 5.73 Å². The third-order valence-electron chi connectivity index (χ3n) is 2.31. The predicted molar refractivity (Wildman–Crippen MR) is 64.9 cm³/mol. The lowest BCUT2D eigenvalue weighted by molar-refractivity contribution is -0.384. The predicted octanol–water partition coefficient (Wildman–Crippen LogP) is 1.19. The van der Waals surface area contributed by atoms with Gasteiger partial charge in [-0.3, -0.25) is 10.1 Å². The molecule has 88 valence electrons. The number of hydrogen-bond acceptors (Lipinski definition) is 6. The average molecular weight is 233 g/mol. The van der Waals surface area contributed by atoms with Crippen LogP contribution >= 0.6 is 0 Å². The third kappa shape index (κ3) is 1.94. The average Bonchev–Trinajstić information content (AvgIpc) is 2.28. The van der Waals surface area contributed by atoms with Crippen LogP contribution < -0.4 is 10.6 Å². The van der Waals surface area contributed by atoms with Crippen molar-refractivity contribution >= 4 is 28.4 Å². The van der Waals surface area contributed by atoms with E-state index in [1.165, 1.54) is 12.1 Å². The minimum Gasteiger partial charge on any atom is -0.383 e.